The molecule has 1 N–H and O–H groups in total. The number of ether oxygens (including phenoxy) is 3. The Balaban J connectivity index is 1.25. The molecule has 1 aliphatic heterocycles. The van der Waals surface area contributed by atoms with Crippen LogP contribution >= 0.6 is 23.1 Å². The van der Waals surface area contributed by atoms with Gasteiger partial charge in [-0.3, -0.25) is 10.2 Å². The summed E-state index contributed by atoms with van der Waals surface area (Å²) in [7, 11) is 6.75. The number of rotatable bonds is 9. The normalized spacial score (nSPS) is 14.2. The number of fused-ring (bicyclic) bond motifs is 2. The zero-order valence-electron chi connectivity index (χ0n) is 23.3. The Morgan fingerprint density at radius 1 is 1.15 bits per heavy atom. The quantitative estimate of drug-likeness (QED) is 0.226. The SMILES string of the molecule is CCc1sc(-c2ccc(C(=O)N(C)C)cc2)nc1COc1cc(OC)cc2oc(-c3cn4c(n3)SC(OC)N4)cc12. The van der Waals surface area contributed by atoms with Crippen LogP contribution in [0, 0.1) is 0 Å². The second kappa shape index (κ2) is 11.1. The van der Waals surface area contributed by atoms with Crippen LogP contribution in [0.2, 0.25) is 0 Å². The molecule has 4 heterocycles. The fourth-order valence-corrected chi connectivity index (χ4v) is 6.33. The number of nitrogens with one attached hydrogen (secondary N) is 1. The van der Waals surface area contributed by atoms with Gasteiger partial charge in [0.25, 0.3) is 5.91 Å². The second-order valence-electron chi connectivity index (χ2n) is 9.55. The van der Waals surface area contributed by atoms with E-state index in [0.29, 0.717) is 34.1 Å². The van der Waals surface area contributed by atoms with Gasteiger partial charge in [0.1, 0.15) is 34.4 Å². The molecule has 0 bridgehead atoms. The molecule has 5 aromatic rings. The average Bonchev–Trinajstić information content (AvgIpc) is 3.76. The summed E-state index contributed by atoms with van der Waals surface area (Å²) in [4.78, 5) is 24.6. The van der Waals surface area contributed by atoms with Crippen LogP contribution in [0.25, 0.3) is 33.0 Å². The average molecular weight is 592 g/mol. The number of methoxy groups -OCH3 is 2. The highest BCUT2D eigenvalue weighted by molar-refractivity contribution is 7.99. The largest absolute Gasteiger partial charge is 0.496 e. The zero-order chi connectivity index (χ0) is 28.7. The predicted molar refractivity (Wildman–Crippen MR) is 159 cm³/mol. The molecule has 1 aliphatic rings. The summed E-state index contributed by atoms with van der Waals surface area (Å²) in [5.41, 5.74) is 6.85. The van der Waals surface area contributed by atoms with Crippen LogP contribution in [-0.2, 0) is 17.8 Å². The Kier molecular flexibility index (Phi) is 7.37. The van der Waals surface area contributed by atoms with Crippen LogP contribution in [-0.4, -0.2) is 59.3 Å². The first kappa shape index (κ1) is 27.2. The van der Waals surface area contributed by atoms with E-state index in [9.17, 15) is 4.79 Å². The molecule has 0 radical (unpaired) electrons. The van der Waals surface area contributed by atoms with Crippen LogP contribution in [0.5, 0.6) is 11.5 Å². The van der Waals surface area contributed by atoms with Crippen molar-refractivity contribution in [1.29, 1.82) is 0 Å². The summed E-state index contributed by atoms with van der Waals surface area (Å²) in [5, 5.41) is 2.51. The highest BCUT2D eigenvalue weighted by Crippen LogP contribution is 2.39. The van der Waals surface area contributed by atoms with E-state index in [4.69, 9.17) is 23.6 Å². The topological polar surface area (TPSA) is 104 Å². The Bertz CT molecular complexity index is 1700. The molecule has 0 saturated heterocycles. The maximum atomic E-state index is 12.3. The summed E-state index contributed by atoms with van der Waals surface area (Å²) in [6.07, 6.45) is 2.71. The van der Waals surface area contributed by atoms with Crippen LogP contribution in [0.3, 0.4) is 0 Å². The van der Waals surface area contributed by atoms with Crippen molar-refractivity contribution in [3.63, 3.8) is 0 Å². The third-order valence-corrected chi connectivity index (χ3v) is 8.96. The third kappa shape index (κ3) is 5.25. The van der Waals surface area contributed by atoms with Crippen LogP contribution in [0.1, 0.15) is 27.9 Å². The minimum atomic E-state index is -0.169. The second-order valence-corrected chi connectivity index (χ2v) is 11.7. The number of aryl methyl sites for hydroxylation is 1. The lowest BCUT2D eigenvalue weighted by molar-refractivity contribution is 0.0827. The van der Waals surface area contributed by atoms with Crippen molar-refractivity contribution in [2.24, 2.45) is 0 Å². The summed E-state index contributed by atoms with van der Waals surface area (Å²) >= 11 is 3.13. The van der Waals surface area contributed by atoms with Crippen molar-refractivity contribution in [2.45, 2.75) is 30.7 Å². The van der Waals surface area contributed by atoms with Gasteiger partial charge >= 0.3 is 0 Å². The monoisotopic (exact) mass is 591 g/mol. The number of thiazole rings is 1. The molecule has 6 rings (SSSR count). The molecule has 1 atom stereocenters. The number of thioether (sulfide) groups is 1. The molecule has 10 nitrogen and oxygen atoms in total. The number of hydrogen-bond donors (Lipinski definition) is 1. The van der Waals surface area contributed by atoms with Crippen LogP contribution in [0.15, 0.2) is 58.2 Å². The van der Waals surface area contributed by atoms with Gasteiger partial charge in [0.15, 0.2) is 16.5 Å². The van der Waals surface area contributed by atoms with Gasteiger partial charge in [0.2, 0.25) is 0 Å². The number of furan rings is 1. The van der Waals surface area contributed by atoms with Crippen LogP contribution < -0.4 is 14.9 Å². The number of imidazole rings is 1. The van der Waals surface area contributed by atoms with E-state index in [1.807, 2.05) is 53.3 Å². The van der Waals surface area contributed by atoms with Gasteiger partial charge in [-0.15, -0.1) is 11.3 Å². The fourth-order valence-electron chi connectivity index (χ4n) is 4.50. The number of carbonyl (C=O) groups excluding carboxylic acids is 1. The molecule has 0 saturated carbocycles. The van der Waals surface area contributed by atoms with Gasteiger partial charge < -0.3 is 23.5 Å². The van der Waals surface area contributed by atoms with E-state index in [2.05, 4.69) is 17.3 Å². The van der Waals surface area contributed by atoms with E-state index >= 15 is 0 Å². The standard InChI is InChI=1S/C29H29N5O5S2/c1-6-25-21(30-26(40-25)16-7-9-17(10-8-16)27(35)33(2)3)15-38-22-11-18(36-4)12-23-19(22)13-24(39-23)20-14-34-28(31-20)41-29(32-34)37-5/h7-14,29,32H,6,15H2,1-5H3. The minimum Gasteiger partial charge on any atom is -0.496 e. The summed E-state index contributed by atoms with van der Waals surface area (Å²) < 4.78 is 25.2. The maximum Gasteiger partial charge on any atom is 0.253 e. The smallest absolute Gasteiger partial charge is 0.253 e. The maximum absolute atomic E-state index is 12.3. The van der Waals surface area contributed by atoms with Crippen molar-refractivity contribution in [3.8, 4) is 33.5 Å². The summed E-state index contributed by atoms with van der Waals surface area (Å²) in [5.74, 6) is 1.86. The molecule has 0 fully saturated rings. The lowest BCUT2D eigenvalue weighted by atomic mass is 10.1. The van der Waals surface area contributed by atoms with Gasteiger partial charge in [-0.05, 0) is 36.4 Å². The summed E-state index contributed by atoms with van der Waals surface area (Å²) in [6, 6.07) is 13.2. The van der Waals surface area contributed by atoms with E-state index in [1.54, 1.807) is 44.6 Å². The first-order valence-corrected chi connectivity index (χ1v) is 14.7. The Labute approximate surface area is 245 Å². The lowest BCUT2D eigenvalue weighted by Crippen LogP contribution is -2.21. The van der Waals surface area contributed by atoms with Gasteiger partial charge in [-0.25, -0.2) is 14.6 Å². The predicted octanol–water partition coefficient (Wildman–Crippen LogP) is 5.85. The Hall–Kier alpha value is -4.00. The number of benzene rings is 2. The fraction of sp³-hybridized carbons (Fsp3) is 0.276. The number of carbonyl (C=O) groups is 1. The van der Waals surface area contributed by atoms with Gasteiger partial charge in [-0.1, -0.05) is 19.1 Å². The van der Waals surface area contributed by atoms with E-state index < -0.39 is 0 Å². The molecule has 212 valence electrons. The summed E-state index contributed by atoms with van der Waals surface area (Å²) in [6.45, 7) is 2.40. The minimum absolute atomic E-state index is 0.0293. The highest BCUT2D eigenvalue weighted by Gasteiger charge is 2.25. The molecule has 2 aromatic carbocycles. The van der Waals surface area contributed by atoms with Crippen molar-refractivity contribution >= 4 is 40.0 Å². The van der Waals surface area contributed by atoms with Crippen molar-refractivity contribution in [1.82, 2.24) is 19.5 Å². The molecule has 1 unspecified atom stereocenters. The zero-order valence-corrected chi connectivity index (χ0v) is 24.9. The number of amides is 1. The van der Waals surface area contributed by atoms with Crippen molar-refractivity contribution < 1.29 is 23.4 Å². The molecule has 1 amide bonds. The first-order chi connectivity index (χ1) is 19.9. The van der Waals surface area contributed by atoms with E-state index in [0.717, 1.165) is 38.1 Å². The van der Waals surface area contributed by atoms with Gasteiger partial charge in [-0.2, -0.15) is 0 Å². The van der Waals surface area contributed by atoms with Gasteiger partial charge in [0.05, 0.1) is 24.4 Å². The number of hydrogen-bond acceptors (Lipinski definition) is 10. The van der Waals surface area contributed by atoms with E-state index in [-0.39, 0.29) is 18.1 Å². The molecule has 41 heavy (non-hydrogen) atoms. The third-order valence-electron chi connectivity index (χ3n) is 6.65. The Morgan fingerprint density at radius 3 is 2.63 bits per heavy atom. The van der Waals surface area contributed by atoms with Crippen LogP contribution in [0.4, 0.5) is 0 Å². The van der Waals surface area contributed by atoms with E-state index in [1.165, 1.54) is 11.8 Å². The highest BCUT2D eigenvalue weighted by atomic mass is 32.2. The van der Waals surface area contributed by atoms with Crippen molar-refractivity contribution in [2.75, 3.05) is 33.7 Å². The number of aromatic nitrogens is 3. The first-order valence-electron chi connectivity index (χ1n) is 13.0. The molecule has 0 spiro atoms. The molecule has 0 aliphatic carbocycles. The lowest BCUT2D eigenvalue weighted by Gasteiger charge is -2.10. The molecular weight excluding hydrogens is 562 g/mol. The van der Waals surface area contributed by atoms with Gasteiger partial charge in [0, 0.05) is 49.3 Å². The number of nitrogens with zero attached hydrogens (tertiary/aromatic N) is 4. The molecule has 3 aromatic heterocycles. The Morgan fingerprint density at radius 2 is 1.95 bits per heavy atom. The van der Waals surface area contributed by atoms with Crippen molar-refractivity contribution in [3.05, 3.63) is 64.8 Å². The molecule has 12 heteroatoms. The molecular formula is C29H29N5O5S2.